The van der Waals surface area contributed by atoms with Crippen molar-refractivity contribution in [1.29, 1.82) is 0 Å². The highest BCUT2D eigenvalue weighted by atomic mass is 32.1. The van der Waals surface area contributed by atoms with E-state index in [2.05, 4.69) is 9.97 Å². The molecule has 2 rings (SSSR count). The highest BCUT2D eigenvalue weighted by Gasteiger charge is 2.16. The third kappa shape index (κ3) is 2.87. The summed E-state index contributed by atoms with van der Waals surface area (Å²) in [5, 5.41) is 12.7. The molecule has 3 nitrogen and oxygen atoms in total. The van der Waals surface area contributed by atoms with Crippen molar-refractivity contribution in [3.05, 3.63) is 34.9 Å². The molecule has 0 spiro atoms. The van der Waals surface area contributed by atoms with Gasteiger partial charge in [0.15, 0.2) is 0 Å². The van der Waals surface area contributed by atoms with E-state index in [1.165, 1.54) is 0 Å². The molecule has 0 unspecified atom stereocenters. The Morgan fingerprint density at radius 1 is 1.31 bits per heavy atom. The Kier molecular flexibility index (Phi) is 3.03. The van der Waals surface area contributed by atoms with Crippen LogP contribution in [0.2, 0.25) is 0 Å². The van der Waals surface area contributed by atoms with Crippen LogP contribution in [0, 0.1) is 0 Å². The van der Waals surface area contributed by atoms with Crippen LogP contribution in [0.4, 0.5) is 0 Å². The van der Waals surface area contributed by atoms with Crippen LogP contribution in [0.5, 0.6) is 0 Å². The number of nitrogens with zero attached hydrogens (tertiary/aromatic N) is 2. The first-order chi connectivity index (χ1) is 7.54. The molecule has 2 aromatic rings. The Morgan fingerprint density at radius 2 is 2.00 bits per heavy atom. The molecule has 0 aromatic carbocycles. The summed E-state index contributed by atoms with van der Waals surface area (Å²) in [6.07, 6.45) is 4.09. The van der Waals surface area contributed by atoms with Gasteiger partial charge in [-0.1, -0.05) is 0 Å². The normalized spacial score (nSPS) is 11.7. The fourth-order valence-electron chi connectivity index (χ4n) is 1.42. The molecule has 1 N–H and O–H groups in total. The molecule has 4 heteroatoms. The molecule has 0 aliphatic rings. The second-order valence-electron chi connectivity index (χ2n) is 4.35. The standard InChI is InChI=1S/C12H14N2OS/c1-12(2,15)7-11-14-10(8-16-11)9-3-5-13-6-4-9/h3-6,8,15H,7H2,1-2H3. The van der Waals surface area contributed by atoms with Gasteiger partial charge in [0, 0.05) is 29.8 Å². The lowest BCUT2D eigenvalue weighted by atomic mass is 10.1. The maximum Gasteiger partial charge on any atom is 0.0961 e. The minimum atomic E-state index is -0.701. The molecular formula is C12H14N2OS. The van der Waals surface area contributed by atoms with Crippen LogP contribution in [0.1, 0.15) is 18.9 Å². The van der Waals surface area contributed by atoms with Crippen LogP contribution >= 0.6 is 11.3 Å². The molecule has 0 aliphatic carbocycles. The lowest BCUT2D eigenvalue weighted by Gasteiger charge is -2.14. The van der Waals surface area contributed by atoms with Gasteiger partial charge in [0.05, 0.1) is 16.3 Å². The summed E-state index contributed by atoms with van der Waals surface area (Å²) in [5.41, 5.74) is 1.31. The van der Waals surface area contributed by atoms with E-state index in [4.69, 9.17) is 0 Å². The van der Waals surface area contributed by atoms with Crippen LogP contribution in [0.3, 0.4) is 0 Å². The molecule has 0 aliphatic heterocycles. The molecule has 0 saturated heterocycles. The van der Waals surface area contributed by atoms with Gasteiger partial charge in [-0.2, -0.15) is 0 Å². The summed E-state index contributed by atoms with van der Waals surface area (Å²) in [6, 6.07) is 3.87. The quantitative estimate of drug-likeness (QED) is 0.887. The molecule has 0 amide bonds. The molecular weight excluding hydrogens is 220 g/mol. The number of hydrogen-bond donors (Lipinski definition) is 1. The van der Waals surface area contributed by atoms with Gasteiger partial charge < -0.3 is 5.11 Å². The van der Waals surface area contributed by atoms with Gasteiger partial charge in [0.25, 0.3) is 0 Å². The predicted molar refractivity (Wildman–Crippen MR) is 65.3 cm³/mol. The van der Waals surface area contributed by atoms with E-state index in [9.17, 15) is 5.11 Å². The summed E-state index contributed by atoms with van der Waals surface area (Å²) >= 11 is 1.58. The Labute approximate surface area is 98.8 Å². The van der Waals surface area contributed by atoms with Gasteiger partial charge in [0.1, 0.15) is 0 Å². The average Bonchev–Trinajstić information content (AvgIpc) is 2.65. The van der Waals surface area contributed by atoms with E-state index in [-0.39, 0.29) is 0 Å². The Bertz CT molecular complexity index is 459. The van der Waals surface area contributed by atoms with Crippen LogP contribution in [0.25, 0.3) is 11.3 Å². The molecule has 2 aromatic heterocycles. The zero-order chi connectivity index (χ0) is 11.6. The number of aromatic nitrogens is 2. The van der Waals surface area contributed by atoms with Crippen molar-refractivity contribution in [1.82, 2.24) is 9.97 Å². The molecule has 2 heterocycles. The van der Waals surface area contributed by atoms with Gasteiger partial charge in [-0.3, -0.25) is 4.98 Å². The lowest BCUT2D eigenvalue weighted by molar-refractivity contribution is 0.0809. The summed E-state index contributed by atoms with van der Waals surface area (Å²) < 4.78 is 0. The molecule has 16 heavy (non-hydrogen) atoms. The van der Waals surface area contributed by atoms with E-state index in [0.29, 0.717) is 6.42 Å². The Hall–Kier alpha value is -1.26. The molecule has 0 atom stereocenters. The van der Waals surface area contributed by atoms with Crippen molar-refractivity contribution >= 4 is 11.3 Å². The van der Waals surface area contributed by atoms with Crippen LogP contribution in [-0.2, 0) is 6.42 Å². The second-order valence-corrected chi connectivity index (χ2v) is 5.29. The number of rotatable bonds is 3. The van der Waals surface area contributed by atoms with Crippen LogP contribution in [0.15, 0.2) is 29.9 Å². The zero-order valence-corrected chi connectivity index (χ0v) is 10.2. The van der Waals surface area contributed by atoms with Crippen LogP contribution in [-0.4, -0.2) is 20.7 Å². The Morgan fingerprint density at radius 3 is 2.62 bits per heavy atom. The first-order valence-corrected chi connectivity index (χ1v) is 6.00. The first-order valence-electron chi connectivity index (χ1n) is 5.12. The summed E-state index contributed by atoms with van der Waals surface area (Å²) in [5.74, 6) is 0. The number of thiazole rings is 1. The highest BCUT2D eigenvalue weighted by molar-refractivity contribution is 7.09. The molecule has 0 bridgehead atoms. The molecule has 84 valence electrons. The third-order valence-corrected chi connectivity index (χ3v) is 2.96. The maximum atomic E-state index is 9.71. The van der Waals surface area contributed by atoms with Crippen molar-refractivity contribution < 1.29 is 5.11 Å². The Balaban J connectivity index is 2.21. The average molecular weight is 234 g/mol. The monoisotopic (exact) mass is 234 g/mol. The van der Waals surface area contributed by atoms with Crippen molar-refractivity contribution in [3.8, 4) is 11.3 Å². The number of pyridine rings is 1. The van der Waals surface area contributed by atoms with Crippen molar-refractivity contribution in [3.63, 3.8) is 0 Å². The van der Waals surface area contributed by atoms with Crippen LogP contribution < -0.4 is 0 Å². The minimum Gasteiger partial charge on any atom is -0.390 e. The van der Waals surface area contributed by atoms with Gasteiger partial charge in [-0.15, -0.1) is 11.3 Å². The van der Waals surface area contributed by atoms with Gasteiger partial charge in [-0.05, 0) is 26.0 Å². The molecule has 0 fully saturated rings. The summed E-state index contributed by atoms with van der Waals surface area (Å²) in [4.78, 5) is 8.47. The minimum absolute atomic E-state index is 0.586. The molecule has 0 saturated carbocycles. The van der Waals surface area contributed by atoms with E-state index in [1.54, 1.807) is 37.6 Å². The SMILES string of the molecule is CC(C)(O)Cc1nc(-c2ccncc2)cs1. The number of hydrogen-bond acceptors (Lipinski definition) is 4. The highest BCUT2D eigenvalue weighted by Crippen LogP contribution is 2.23. The predicted octanol–water partition coefficient (Wildman–Crippen LogP) is 2.52. The zero-order valence-electron chi connectivity index (χ0n) is 9.34. The van der Waals surface area contributed by atoms with Crippen molar-refractivity contribution in [2.75, 3.05) is 0 Å². The van der Waals surface area contributed by atoms with E-state index < -0.39 is 5.60 Å². The van der Waals surface area contributed by atoms with Gasteiger partial charge >= 0.3 is 0 Å². The smallest absolute Gasteiger partial charge is 0.0961 e. The van der Waals surface area contributed by atoms with E-state index in [1.807, 2.05) is 17.5 Å². The van der Waals surface area contributed by atoms with Gasteiger partial charge in [-0.25, -0.2) is 4.98 Å². The third-order valence-electron chi connectivity index (χ3n) is 2.11. The first kappa shape index (κ1) is 11.2. The van der Waals surface area contributed by atoms with Crippen molar-refractivity contribution in [2.24, 2.45) is 0 Å². The largest absolute Gasteiger partial charge is 0.390 e. The summed E-state index contributed by atoms with van der Waals surface area (Å²) in [7, 11) is 0. The summed E-state index contributed by atoms with van der Waals surface area (Å²) in [6.45, 7) is 3.58. The topological polar surface area (TPSA) is 46.0 Å². The van der Waals surface area contributed by atoms with E-state index >= 15 is 0 Å². The van der Waals surface area contributed by atoms with Gasteiger partial charge in [0.2, 0.25) is 0 Å². The second kappa shape index (κ2) is 4.31. The molecule has 0 radical (unpaired) electrons. The maximum absolute atomic E-state index is 9.71. The van der Waals surface area contributed by atoms with E-state index in [0.717, 1.165) is 16.3 Å². The fourth-order valence-corrected chi connectivity index (χ4v) is 2.44. The fraction of sp³-hybridized carbons (Fsp3) is 0.333. The number of aliphatic hydroxyl groups is 1. The van der Waals surface area contributed by atoms with Crippen molar-refractivity contribution in [2.45, 2.75) is 25.9 Å². The lowest BCUT2D eigenvalue weighted by Crippen LogP contribution is -2.21.